The molecule has 0 bridgehead atoms. The number of hydrogen-bond donors (Lipinski definition) is 3. The quantitative estimate of drug-likeness (QED) is 0.538. The van der Waals surface area contributed by atoms with Crippen molar-refractivity contribution in [2.45, 2.75) is 19.4 Å². The van der Waals surface area contributed by atoms with E-state index in [2.05, 4.69) is 25.9 Å². The van der Waals surface area contributed by atoms with Gasteiger partial charge in [0.1, 0.15) is 35.1 Å². The first-order valence-electron chi connectivity index (χ1n) is 8.16. The first-order chi connectivity index (χ1) is 12.3. The van der Waals surface area contributed by atoms with Crippen LogP contribution in [0.4, 0.5) is 0 Å². The Bertz CT molecular complexity index is 959. The number of aromatic nitrogens is 2. The molecule has 0 atom stereocenters. The molecule has 6 nitrogen and oxygen atoms in total. The molecule has 2 heterocycles. The smallest absolute Gasteiger partial charge is 0.230 e. The van der Waals surface area contributed by atoms with Gasteiger partial charge in [-0.1, -0.05) is 30.3 Å². The highest BCUT2D eigenvalue weighted by molar-refractivity contribution is 9.18. The van der Waals surface area contributed by atoms with Crippen LogP contribution in [0.3, 0.4) is 0 Å². The Balaban J connectivity index is 2.04. The molecule has 0 amide bonds. The van der Waals surface area contributed by atoms with Crippen molar-refractivity contribution in [3.05, 3.63) is 54.6 Å². The zero-order valence-corrected chi connectivity index (χ0v) is 16.1. The fourth-order valence-corrected chi connectivity index (χ4v) is 2.86. The zero-order valence-electron chi connectivity index (χ0n) is 14.5. The monoisotopic (exact) mass is 415 g/mol. The summed E-state index contributed by atoms with van der Waals surface area (Å²) in [7, 11) is 0. The highest BCUT2D eigenvalue weighted by Crippen LogP contribution is 2.30. The number of quaternary nitrogens is 1. The Morgan fingerprint density at radius 3 is 2.69 bits per heavy atom. The van der Waals surface area contributed by atoms with Crippen LogP contribution in [0.25, 0.3) is 28.0 Å². The van der Waals surface area contributed by atoms with E-state index in [0.717, 1.165) is 10.9 Å². The Morgan fingerprint density at radius 2 is 2.04 bits per heavy atom. The van der Waals surface area contributed by atoms with Gasteiger partial charge in [0, 0.05) is 5.56 Å². The number of rotatable bonds is 6. The van der Waals surface area contributed by atoms with Gasteiger partial charge in [0.15, 0.2) is 0 Å². The molecule has 7 heteroatoms. The first kappa shape index (κ1) is 18.4. The summed E-state index contributed by atoms with van der Waals surface area (Å²) in [6, 6.07) is 11.7. The Morgan fingerprint density at radius 1 is 1.31 bits per heavy atom. The number of hydrogen-bond acceptors (Lipinski definition) is 5. The lowest BCUT2D eigenvalue weighted by atomic mass is 10.1. The van der Waals surface area contributed by atoms with Crippen LogP contribution in [-0.4, -0.2) is 31.8 Å². The number of fused-ring (bicyclic) bond motifs is 1. The predicted molar refractivity (Wildman–Crippen MR) is 105 cm³/mol. The number of nitrogens with two attached hydrogens (primary N) is 1. The van der Waals surface area contributed by atoms with Crippen molar-refractivity contribution in [2.24, 2.45) is 0 Å². The second-order valence-electron chi connectivity index (χ2n) is 6.56. The molecule has 0 spiro atoms. The summed E-state index contributed by atoms with van der Waals surface area (Å²) in [5.41, 5.74) is 1.81. The minimum atomic E-state index is -0.812. The van der Waals surface area contributed by atoms with Crippen molar-refractivity contribution in [2.75, 3.05) is 6.54 Å². The van der Waals surface area contributed by atoms with Gasteiger partial charge in [0.05, 0.1) is 16.7 Å². The van der Waals surface area contributed by atoms with Crippen LogP contribution in [0, 0.1) is 5.41 Å². The molecule has 0 radical (unpaired) electrons. The highest BCUT2D eigenvalue weighted by atomic mass is 79.9. The number of aliphatic hydroxyl groups is 1. The maximum absolute atomic E-state index is 9.87. The molecule has 1 aromatic carbocycles. The summed E-state index contributed by atoms with van der Waals surface area (Å²) in [5.74, 6) is 0.697. The van der Waals surface area contributed by atoms with Crippen LogP contribution in [0.2, 0.25) is 0 Å². The van der Waals surface area contributed by atoms with Gasteiger partial charge in [-0.25, -0.2) is 9.97 Å². The SMILES string of the molecule is CC(C)(O)C[NH2+]/C=C(\C(=N)Br)c1ncnc2oc(-c3ccccc3)cc12. The Hall–Kier alpha value is -2.35. The fourth-order valence-electron chi connectivity index (χ4n) is 2.54. The number of furan rings is 1. The van der Waals surface area contributed by atoms with Crippen LogP contribution in [-0.2, 0) is 0 Å². The van der Waals surface area contributed by atoms with Crippen molar-refractivity contribution in [3.63, 3.8) is 0 Å². The number of allylic oxidation sites excluding steroid dienone is 1. The van der Waals surface area contributed by atoms with E-state index in [0.29, 0.717) is 29.3 Å². The summed E-state index contributed by atoms with van der Waals surface area (Å²) < 4.78 is 6.07. The minimum Gasteiger partial charge on any atom is -0.438 e. The Kier molecular flexibility index (Phi) is 5.31. The molecular weight excluding hydrogens is 396 g/mol. The van der Waals surface area contributed by atoms with Gasteiger partial charge in [0.25, 0.3) is 0 Å². The highest BCUT2D eigenvalue weighted by Gasteiger charge is 2.19. The number of halogens is 1. The summed E-state index contributed by atoms with van der Waals surface area (Å²) in [6.45, 7) is 3.94. The van der Waals surface area contributed by atoms with E-state index in [-0.39, 0.29) is 4.62 Å². The van der Waals surface area contributed by atoms with E-state index < -0.39 is 5.60 Å². The van der Waals surface area contributed by atoms with Crippen molar-refractivity contribution < 1.29 is 14.8 Å². The molecule has 26 heavy (non-hydrogen) atoms. The average Bonchev–Trinajstić information content (AvgIpc) is 3.03. The average molecular weight is 416 g/mol. The second-order valence-corrected chi connectivity index (χ2v) is 7.36. The van der Waals surface area contributed by atoms with Gasteiger partial charge in [-0.2, -0.15) is 0 Å². The van der Waals surface area contributed by atoms with Gasteiger partial charge in [0.2, 0.25) is 5.71 Å². The zero-order chi connectivity index (χ0) is 18.7. The molecule has 4 N–H and O–H groups in total. The first-order valence-corrected chi connectivity index (χ1v) is 8.95. The summed E-state index contributed by atoms with van der Waals surface area (Å²) in [4.78, 5) is 8.57. The maximum atomic E-state index is 9.87. The van der Waals surface area contributed by atoms with Gasteiger partial charge in [-0.15, -0.1) is 0 Å². The van der Waals surface area contributed by atoms with Crippen molar-refractivity contribution >= 4 is 37.2 Å². The molecule has 134 valence electrons. The van der Waals surface area contributed by atoms with Gasteiger partial charge in [-0.05, 0) is 35.8 Å². The van der Waals surface area contributed by atoms with Crippen LogP contribution in [0.15, 0.2) is 53.3 Å². The molecular formula is C19H20BrN4O2+. The van der Waals surface area contributed by atoms with E-state index in [1.165, 1.54) is 6.33 Å². The molecule has 0 aliphatic rings. The molecule has 0 unspecified atom stereocenters. The summed E-state index contributed by atoms with van der Waals surface area (Å²) in [5, 5.41) is 20.5. The van der Waals surface area contributed by atoms with Crippen LogP contribution >= 0.6 is 15.9 Å². The third-order valence-electron chi connectivity index (χ3n) is 3.78. The van der Waals surface area contributed by atoms with Crippen LogP contribution in [0.5, 0.6) is 0 Å². The number of nitrogens with zero attached hydrogens (tertiary/aromatic N) is 2. The molecule has 0 saturated heterocycles. The van der Waals surface area contributed by atoms with Crippen LogP contribution < -0.4 is 5.32 Å². The topological polar surface area (TPSA) is 99.6 Å². The maximum Gasteiger partial charge on any atom is 0.230 e. The van der Waals surface area contributed by atoms with E-state index in [9.17, 15) is 5.11 Å². The standard InChI is InChI=1S/C19H19BrN4O2/c1-19(2,25)10-22-9-14(17(20)21)16-13-8-15(12-6-4-3-5-7-12)26-18(13)24-11-23-16/h3-9,11,21-22,25H,10H2,1-2H3/p+1/b14-9-,21-17?. The lowest BCUT2D eigenvalue weighted by Gasteiger charge is -2.13. The summed E-state index contributed by atoms with van der Waals surface area (Å²) in [6.07, 6.45) is 3.21. The minimum absolute atomic E-state index is 0.201. The van der Waals surface area contributed by atoms with Gasteiger partial charge >= 0.3 is 0 Å². The lowest BCUT2D eigenvalue weighted by molar-refractivity contribution is -0.601. The van der Waals surface area contributed by atoms with E-state index in [1.807, 2.05) is 41.7 Å². The fraction of sp³-hybridized carbons (Fsp3) is 0.211. The van der Waals surface area contributed by atoms with Crippen LogP contribution in [0.1, 0.15) is 19.5 Å². The third-order valence-corrected chi connectivity index (χ3v) is 4.21. The molecule has 3 aromatic rings. The largest absolute Gasteiger partial charge is 0.438 e. The molecule has 2 aromatic heterocycles. The van der Waals surface area contributed by atoms with E-state index in [1.54, 1.807) is 20.0 Å². The normalized spacial score (nSPS) is 12.5. The molecule has 0 aliphatic heterocycles. The predicted octanol–water partition coefficient (Wildman–Crippen LogP) is 2.94. The second kappa shape index (κ2) is 7.49. The van der Waals surface area contributed by atoms with Gasteiger partial charge < -0.3 is 14.8 Å². The molecule has 0 aliphatic carbocycles. The molecule has 0 fully saturated rings. The Labute approximate surface area is 159 Å². The van der Waals surface area contributed by atoms with E-state index in [4.69, 9.17) is 9.83 Å². The van der Waals surface area contributed by atoms with Gasteiger partial charge in [-0.3, -0.25) is 5.41 Å². The van der Waals surface area contributed by atoms with Crippen molar-refractivity contribution in [1.29, 1.82) is 5.41 Å². The van der Waals surface area contributed by atoms with E-state index >= 15 is 0 Å². The molecule has 3 rings (SSSR count). The number of benzene rings is 1. The van der Waals surface area contributed by atoms with Crippen molar-refractivity contribution in [3.8, 4) is 11.3 Å². The third kappa shape index (κ3) is 4.24. The lowest BCUT2D eigenvalue weighted by Crippen LogP contribution is -2.82. The summed E-state index contributed by atoms with van der Waals surface area (Å²) >= 11 is 3.24. The number of nitrogens with one attached hydrogen (secondary N) is 1. The molecule has 0 saturated carbocycles. The van der Waals surface area contributed by atoms with Crippen molar-refractivity contribution in [1.82, 2.24) is 9.97 Å².